The zero-order valence-corrected chi connectivity index (χ0v) is 11.6. The minimum absolute atomic E-state index is 0.0877. The van der Waals surface area contributed by atoms with E-state index in [1.54, 1.807) is 0 Å². The van der Waals surface area contributed by atoms with Crippen LogP contribution in [0.15, 0.2) is 18.2 Å². The Kier molecular flexibility index (Phi) is 5.25. The summed E-state index contributed by atoms with van der Waals surface area (Å²) in [6.07, 6.45) is 0.568. The van der Waals surface area contributed by atoms with Gasteiger partial charge in [-0.3, -0.25) is 4.79 Å². The summed E-state index contributed by atoms with van der Waals surface area (Å²) in [6.45, 7) is 1.68. The molecule has 7 nitrogen and oxygen atoms in total. The molecule has 0 saturated heterocycles. The average Bonchev–Trinajstić information content (AvgIpc) is 2.47. The summed E-state index contributed by atoms with van der Waals surface area (Å²) in [5.41, 5.74) is 1.03. The van der Waals surface area contributed by atoms with Crippen LogP contribution in [0.25, 0.3) is 0 Å². The number of hydrogen-bond donors (Lipinski definition) is 3. The number of carbonyl (C=O) groups is 2. The molecule has 3 N–H and O–H groups in total. The molecule has 0 saturated carbocycles. The lowest BCUT2D eigenvalue weighted by atomic mass is 10.1. The summed E-state index contributed by atoms with van der Waals surface area (Å²) in [5, 5.41) is 13.6. The predicted octanol–water partition coefficient (Wildman–Crippen LogP) is 0.774. The molecule has 0 bridgehead atoms. The van der Waals surface area contributed by atoms with Crippen molar-refractivity contribution in [1.29, 1.82) is 0 Å². The highest BCUT2D eigenvalue weighted by Crippen LogP contribution is 2.30. The van der Waals surface area contributed by atoms with E-state index in [4.69, 9.17) is 14.6 Å². The third-order valence-corrected chi connectivity index (χ3v) is 2.93. The number of nitrogens with one attached hydrogen (secondary N) is 2. The first-order valence-electron chi connectivity index (χ1n) is 6.77. The second-order valence-corrected chi connectivity index (χ2v) is 4.55. The van der Waals surface area contributed by atoms with Gasteiger partial charge in [-0.25, -0.2) is 4.79 Å². The molecule has 2 rings (SSSR count). The Hall–Kier alpha value is -2.44. The quantitative estimate of drug-likeness (QED) is 0.720. The topological polar surface area (TPSA) is 96.9 Å². The Morgan fingerprint density at radius 2 is 1.81 bits per heavy atom. The van der Waals surface area contributed by atoms with Crippen LogP contribution >= 0.6 is 0 Å². The van der Waals surface area contributed by atoms with E-state index < -0.39 is 5.97 Å². The van der Waals surface area contributed by atoms with Crippen molar-refractivity contribution in [1.82, 2.24) is 10.6 Å². The largest absolute Gasteiger partial charge is 0.486 e. The van der Waals surface area contributed by atoms with Crippen molar-refractivity contribution < 1.29 is 24.2 Å². The van der Waals surface area contributed by atoms with E-state index in [1.165, 1.54) is 0 Å². The number of aliphatic carboxylic acids is 1. The molecule has 1 aliphatic heterocycles. The highest BCUT2D eigenvalue weighted by molar-refractivity contribution is 5.74. The first-order valence-corrected chi connectivity index (χ1v) is 6.77. The molecule has 21 heavy (non-hydrogen) atoms. The zero-order valence-electron chi connectivity index (χ0n) is 11.6. The minimum Gasteiger partial charge on any atom is -0.486 e. The Bertz CT molecular complexity index is 518. The SMILES string of the molecule is O=C(O)CCNC(=O)NCCc1ccc2c(c1)OCCO2. The number of ether oxygens (including phenoxy) is 2. The van der Waals surface area contributed by atoms with Gasteiger partial charge in [-0.05, 0) is 24.1 Å². The molecule has 0 spiro atoms. The van der Waals surface area contributed by atoms with Crippen molar-refractivity contribution in [2.75, 3.05) is 26.3 Å². The average molecular weight is 294 g/mol. The summed E-state index contributed by atoms with van der Waals surface area (Å²) in [7, 11) is 0. The monoisotopic (exact) mass is 294 g/mol. The van der Waals surface area contributed by atoms with E-state index in [9.17, 15) is 9.59 Å². The van der Waals surface area contributed by atoms with Crippen molar-refractivity contribution in [3.63, 3.8) is 0 Å². The van der Waals surface area contributed by atoms with Gasteiger partial charge < -0.3 is 25.2 Å². The van der Waals surface area contributed by atoms with Gasteiger partial charge in [0.2, 0.25) is 0 Å². The maximum atomic E-state index is 11.4. The van der Waals surface area contributed by atoms with Gasteiger partial charge in [0.05, 0.1) is 6.42 Å². The minimum atomic E-state index is -0.938. The van der Waals surface area contributed by atoms with Gasteiger partial charge in [-0.1, -0.05) is 6.07 Å². The Labute approximate surface area is 122 Å². The van der Waals surface area contributed by atoms with Gasteiger partial charge in [-0.15, -0.1) is 0 Å². The smallest absolute Gasteiger partial charge is 0.314 e. The number of carboxylic acids is 1. The fourth-order valence-corrected chi connectivity index (χ4v) is 1.91. The first kappa shape index (κ1) is 15.0. The number of amides is 2. The van der Waals surface area contributed by atoms with Crippen molar-refractivity contribution in [2.24, 2.45) is 0 Å². The maximum absolute atomic E-state index is 11.4. The summed E-state index contributed by atoms with van der Waals surface area (Å²) in [6, 6.07) is 5.32. The third kappa shape index (κ3) is 4.87. The molecule has 114 valence electrons. The van der Waals surface area contributed by atoms with Crippen molar-refractivity contribution in [2.45, 2.75) is 12.8 Å². The fraction of sp³-hybridized carbons (Fsp3) is 0.429. The highest BCUT2D eigenvalue weighted by Gasteiger charge is 2.11. The number of benzene rings is 1. The van der Waals surface area contributed by atoms with Gasteiger partial charge >= 0.3 is 12.0 Å². The molecule has 2 amide bonds. The molecule has 0 fully saturated rings. The van der Waals surface area contributed by atoms with E-state index in [0.29, 0.717) is 26.2 Å². The predicted molar refractivity (Wildman–Crippen MR) is 74.8 cm³/mol. The number of rotatable bonds is 6. The van der Waals surface area contributed by atoms with Crippen molar-refractivity contribution in [3.8, 4) is 11.5 Å². The molecule has 1 heterocycles. The van der Waals surface area contributed by atoms with Gasteiger partial charge in [0.15, 0.2) is 11.5 Å². The normalized spacial score (nSPS) is 12.6. The molecule has 0 atom stereocenters. The molecular weight excluding hydrogens is 276 g/mol. The summed E-state index contributed by atoms with van der Waals surface area (Å²) in [5.74, 6) is 0.528. The molecule has 1 aromatic carbocycles. The van der Waals surface area contributed by atoms with Crippen LogP contribution < -0.4 is 20.1 Å². The Balaban J connectivity index is 1.71. The van der Waals surface area contributed by atoms with Gasteiger partial charge in [0.1, 0.15) is 13.2 Å². The second kappa shape index (κ2) is 7.37. The van der Waals surface area contributed by atoms with Crippen LogP contribution in [0.3, 0.4) is 0 Å². The van der Waals surface area contributed by atoms with Gasteiger partial charge in [-0.2, -0.15) is 0 Å². The van der Waals surface area contributed by atoms with E-state index in [2.05, 4.69) is 10.6 Å². The van der Waals surface area contributed by atoms with Crippen LogP contribution in [0.5, 0.6) is 11.5 Å². The summed E-state index contributed by atoms with van der Waals surface area (Å²) >= 11 is 0. The lowest BCUT2D eigenvalue weighted by Crippen LogP contribution is -2.37. The number of hydrogen-bond acceptors (Lipinski definition) is 4. The van der Waals surface area contributed by atoms with E-state index in [1.807, 2.05) is 18.2 Å². The van der Waals surface area contributed by atoms with E-state index >= 15 is 0 Å². The number of fused-ring (bicyclic) bond motifs is 1. The molecule has 1 aliphatic rings. The van der Waals surface area contributed by atoms with Crippen molar-refractivity contribution in [3.05, 3.63) is 23.8 Å². The number of carboxylic acid groups (broad SMARTS) is 1. The van der Waals surface area contributed by atoms with E-state index in [0.717, 1.165) is 17.1 Å². The molecule has 0 aliphatic carbocycles. The standard InChI is InChI=1S/C14H18N2O5/c17-13(18)4-6-16-14(19)15-5-3-10-1-2-11-12(9-10)21-8-7-20-11/h1-2,9H,3-8H2,(H,17,18)(H2,15,16,19). The Morgan fingerprint density at radius 1 is 1.10 bits per heavy atom. The van der Waals surface area contributed by atoms with E-state index in [-0.39, 0.29) is 19.0 Å². The van der Waals surface area contributed by atoms with Crippen molar-refractivity contribution >= 4 is 12.0 Å². The second-order valence-electron chi connectivity index (χ2n) is 4.55. The van der Waals surface area contributed by atoms with Crippen LogP contribution in [0.1, 0.15) is 12.0 Å². The number of carbonyl (C=O) groups excluding carboxylic acids is 1. The molecular formula is C14H18N2O5. The summed E-state index contributed by atoms with van der Waals surface area (Å²) < 4.78 is 10.9. The highest BCUT2D eigenvalue weighted by atomic mass is 16.6. The molecule has 0 radical (unpaired) electrons. The fourth-order valence-electron chi connectivity index (χ4n) is 1.91. The van der Waals surface area contributed by atoms with Crippen LogP contribution in [-0.2, 0) is 11.2 Å². The van der Waals surface area contributed by atoms with Gasteiger partial charge in [0, 0.05) is 13.1 Å². The molecule has 1 aromatic rings. The molecule has 7 heteroatoms. The van der Waals surface area contributed by atoms with Gasteiger partial charge in [0.25, 0.3) is 0 Å². The maximum Gasteiger partial charge on any atom is 0.314 e. The van der Waals surface area contributed by atoms with Crippen LogP contribution in [0, 0.1) is 0 Å². The lowest BCUT2D eigenvalue weighted by molar-refractivity contribution is -0.136. The first-order chi connectivity index (χ1) is 10.1. The number of urea groups is 1. The Morgan fingerprint density at radius 3 is 2.57 bits per heavy atom. The third-order valence-electron chi connectivity index (χ3n) is 2.93. The molecule has 0 unspecified atom stereocenters. The van der Waals surface area contributed by atoms with Crippen LogP contribution in [-0.4, -0.2) is 43.4 Å². The van der Waals surface area contributed by atoms with Crippen LogP contribution in [0.4, 0.5) is 4.79 Å². The molecule has 0 aromatic heterocycles. The summed E-state index contributed by atoms with van der Waals surface area (Å²) in [4.78, 5) is 21.7. The lowest BCUT2D eigenvalue weighted by Gasteiger charge is -2.18. The van der Waals surface area contributed by atoms with Crippen LogP contribution in [0.2, 0.25) is 0 Å². The zero-order chi connectivity index (χ0) is 15.1.